The molecule has 3 rings (SSSR count). The lowest BCUT2D eigenvalue weighted by molar-refractivity contribution is -0.123. The smallest absolute Gasteiger partial charge is 0.329 e. The molecule has 152 valence electrons. The first-order valence-electron chi connectivity index (χ1n) is 9.35. The third-order valence-corrected chi connectivity index (χ3v) is 5.15. The second kappa shape index (κ2) is 9.13. The number of carbonyl (C=O) groups is 2. The van der Waals surface area contributed by atoms with Crippen LogP contribution in [-0.2, 0) is 11.3 Å². The van der Waals surface area contributed by atoms with Crippen LogP contribution in [0.1, 0.15) is 31.4 Å². The lowest BCUT2D eigenvalue weighted by atomic mass is 10.1. The van der Waals surface area contributed by atoms with Crippen LogP contribution in [0.15, 0.2) is 52.6 Å². The molecule has 1 saturated heterocycles. The summed E-state index contributed by atoms with van der Waals surface area (Å²) in [5.41, 5.74) is 1.82. The van der Waals surface area contributed by atoms with Crippen LogP contribution in [0.3, 0.4) is 0 Å². The molecule has 2 aromatic rings. The summed E-state index contributed by atoms with van der Waals surface area (Å²) < 4.78 is 12.2. The summed E-state index contributed by atoms with van der Waals surface area (Å²) in [6, 6.07) is 12.5. The van der Waals surface area contributed by atoms with E-state index in [9.17, 15) is 9.59 Å². The molecule has 1 aliphatic rings. The first kappa shape index (κ1) is 20.9. The Morgan fingerprint density at radius 2 is 1.86 bits per heavy atom. The number of hydrogen-bond donors (Lipinski definition) is 1. The second-order valence-electron chi connectivity index (χ2n) is 6.75. The molecule has 6 nitrogen and oxygen atoms in total. The Bertz CT molecular complexity index is 940. The van der Waals surface area contributed by atoms with E-state index in [1.807, 2.05) is 44.2 Å². The normalized spacial score (nSPS) is 16.1. The fraction of sp³-hybridized carbons (Fsp3) is 0.273. The van der Waals surface area contributed by atoms with Crippen molar-refractivity contribution < 1.29 is 19.1 Å². The van der Waals surface area contributed by atoms with Crippen molar-refractivity contribution in [1.82, 2.24) is 10.2 Å². The van der Waals surface area contributed by atoms with Gasteiger partial charge in [0, 0.05) is 4.47 Å². The SMILES string of the molecule is CC[C@@H](C)Oc1ccc(/C=C2/NC(=O)N(Cc3ccc(Br)cc3)C2=O)cc1OC. The number of nitrogens with zero attached hydrogens (tertiary/aromatic N) is 1. The molecule has 0 radical (unpaired) electrons. The van der Waals surface area contributed by atoms with Gasteiger partial charge in [-0.25, -0.2) is 4.79 Å². The Kier molecular flexibility index (Phi) is 6.59. The van der Waals surface area contributed by atoms with Gasteiger partial charge in [-0.2, -0.15) is 0 Å². The third kappa shape index (κ3) is 4.98. The second-order valence-corrected chi connectivity index (χ2v) is 7.67. The van der Waals surface area contributed by atoms with Crippen LogP contribution in [0.5, 0.6) is 11.5 Å². The molecule has 0 aliphatic carbocycles. The molecule has 29 heavy (non-hydrogen) atoms. The van der Waals surface area contributed by atoms with Crippen LogP contribution < -0.4 is 14.8 Å². The number of urea groups is 1. The molecule has 0 spiro atoms. The molecule has 0 unspecified atom stereocenters. The summed E-state index contributed by atoms with van der Waals surface area (Å²) in [6.45, 7) is 4.24. The first-order chi connectivity index (χ1) is 13.9. The van der Waals surface area contributed by atoms with Crippen LogP contribution in [-0.4, -0.2) is 30.1 Å². The quantitative estimate of drug-likeness (QED) is 0.480. The van der Waals surface area contributed by atoms with Gasteiger partial charge in [0.15, 0.2) is 11.5 Å². The Hall–Kier alpha value is -2.80. The maximum atomic E-state index is 12.7. The predicted octanol–water partition coefficient (Wildman–Crippen LogP) is 4.73. The molecular formula is C22H23BrN2O4. The van der Waals surface area contributed by atoms with E-state index in [1.165, 1.54) is 4.90 Å². The van der Waals surface area contributed by atoms with Gasteiger partial charge in [-0.15, -0.1) is 0 Å². The molecule has 1 N–H and O–H groups in total. The first-order valence-corrected chi connectivity index (χ1v) is 10.1. The number of hydrogen-bond acceptors (Lipinski definition) is 4. The highest BCUT2D eigenvalue weighted by Gasteiger charge is 2.33. The van der Waals surface area contributed by atoms with Crippen molar-refractivity contribution in [3.8, 4) is 11.5 Å². The van der Waals surface area contributed by atoms with Gasteiger partial charge < -0.3 is 14.8 Å². The summed E-state index contributed by atoms with van der Waals surface area (Å²) >= 11 is 3.37. The highest BCUT2D eigenvalue weighted by molar-refractivity contribution is 9.10. The monoisotopic (exact) mass is 458 g/mol. The number of ether oxygens (including phenoxy) is 2. The van der Waals surface area contributed by atoms with Crippen LogP contribution in [0.25, 0.3) is 6.08 Å². The Morgan fingerprint density at radius 3 is 2.52 bits per heavy atom. The maximum Gasteiger partial charge on any atom is 0.329 e. The molecule has 1 aliphatic heterocycles. The number of imide groups is 1. The number of methoxy groups -OCH3 is 1. The topological polar surface area (TPSA) is 67.9 Å². The van der Waals surface area contributed by atoms with Gasteiger partial charge in [-0.05, 0) is 54.8 Å². The number of nitrogens with one attached hydrogen (secondary N) is 1. The zero-order valence-electron chi connectivity index (χ0n) is 16.6. The highest BCUT2D eigenvalue weighted by atomic mass is 79.9. The van der Waals surface area contributed by atoms with E-state index in [2.05, 4.69) is 21.2 Å². The van der Waals surface area contributed by atoms with E-state index in [1.54, 1.807) is 25.3 Å². The minimum absolute atomic E-state index is 0.0657. The van der Waals surface area contributed by atoms with Crippen molar-refractivity contribution in [3.05, 3.63) is 63.8 Å². The van der Waals surface area contributed by atoms with E-state index in [4.69, 9.17) is 9.47 Å². The van der Waals surface area contributed by atoms with Gasteiger partial charge in [0.25, 0.3) is 5.91 Å². The van der Waals surface area contributed by atoms with Gasteiger partial charge in [0.05, 0.1) is 19.8 Å². The molecule has 1 fully saturated rings. The van der Waals surface area contributed by atoms with Gasteiger partial charge in [0.1, 0.15) is 5.70 Å². The Balaban J connectivity index is 1.79. The summed E-state index contributed by atoms with van der Waals surface area (Å²) in [5, 5.41) is 2.64. The average molecular weight is 459 g/mol. The molecule has 7 heteroatoms. The Morgan fingerprint density at radius 1 is 1.14 bits per heavy atom. The van der Waals surface area contributed by atoms with Crippen molar-refractivity contribution in [1.29, 1.82) is 0 Å². The van der Waals surface area contributed by atoms with Crippen molar-refractivity contribution >= 4 is 33.9 Å². The van der Waals surface area contributed by atoms with Gasteiger partial charge in [0.2, 0.25) is 0 Å². The van der Waals surface area contributed by atoms with E-state index in [-0.39, 0.29) is 24.3 Å². The molecule has 2 aromatic carbocycles. The van der Waals surface area contributed by atoms with Gasteiger partial charge in [-0.1, -0.05) is 41.1 Å². The fourth-order valence-electron chi connectivity index (χ4n) is 2.83. The molecule has 0 saturated carbocycles. The summed E-state index contributed by atoms with van der Waals surface area (Å²) in [6.07, 6.45) is 2.58. The van der Waals surface area contributed by atoms with Crippen LogP contribution in [0.4, 0.5) is 4.79 Å². The molecular weight excluding hydrogens is 436 g/mol. The zero-order chi connectivity index (χ0) is 21.0. The third-order valence-electron chi connectivity index (χ3n) is 4.62. The highest BCUT2D eigenvalue weighted by Crippen LogP contribution is 2.30. The predicted molar refractivity (Wildman–Crippen MR) is 115 cm³/mol. The van der Waals surface area contributed by atoms with Crippen LogP contribution in [0, 0.1) is 0 Å². The fourth-order valence-corrected chi connectivity index (χ4v) is 3.09. The van der Waals surface area contributed by atoms with Crippen LogP contribution in [0.2, 0.25) is 0 Å². The van der Waals surface area contributed by atoms with E-state index in [0.29, 0.717) is 11.5 Å². The average Bonchev–Trinajstić information content (AvgIpc) is 2.97. The molecule has 1 heterocycles. The lowest BCUT2D eigenvalue weighted by Gasteiger charge is -2.15. The summed E-state index contributed by atoms with van der Waals surface area (Å²) in [7, 11) is 1.57. The van der Waals surface area contributed by atoms with E-state index in [0.717, 1.165) is 22.0 Å². The van der Waals surface area contributed by atoms with Crippen molar-refractivity contribution in [2.75, 3.05) is 7.11 Å². The Labute approximate surface area is 178 Å². The largest absolute Gasteiger partial charge is 0.493 e. The van der Waals surface area contributed by atoms with Crippen molar-refractivity contribution in [2.24, 2.45) is 0 Å². The number of benzene rings is 2. The summed E-state index contributed by atoms with van der Waals surface area (Å²) in [5.74, 6) is 0.850. The summed E-state index contributed by atoms with van der Waals surface area (Å²) in [4.78, 5) is 26.2. The number of amides is 3. The standard InChI is InChI=1S/C22H23BrN2O4/c1-4-14(2)29-19-10-7-16(12-20(19)28-3)11-18-21(26)25(22(27)24-18)13-15-5-8-17(23)9-6-15/h5-12,14H,4,13H2,1-3H3,(H,24,27)/b18-11+/t14-/m1/s1. The van der Waals surface area contributed by atoms with Crippen molar-refractivity contribution in [3.63, 3.8) is 0 Å². The molecule has 0 bridgehead atoms. The minimum atomic E-state index is -0.437. The van der Waals surface area contributed by atoms with Gasteiger partial charge in [-0.3, -0.25) is 9.69 Å². The molecule has 0 aromatic heterocycles. The van der Waals surface area contributed by atoms with Crippen molar-refractivity contribution in [2.45, 2.75) is 32.9 Å². The lowest BCUT2D eigenvalue weighted by Crippen LogP contribution is -2.30. The number of halogens is 1. The minimum Gasteiger partial charge on any atom is -0.493 e. The van der Waals surface area contributed by atoms with E-state index >= 15 is 0 Å². The number of carbonyl (C=O) groups excluding carboxylic acids is 2. The molecule has 3 amide bonds. The zero-order valence-corrected chi connectivity index (χ0v) is 18.2. The van der Waals surface area contributed by atoms with Crippen LogP contribution >= 0.6 is 15.9 Å². The van der Waals surface area contributed by atoms with Gasteiger partial charge >= 0.3 is 6.03 Å². The number of rotatable bonds is 7. The maximum absolute atomic E-state index is 12.7. The van der Waals surface area contributed by atoms with E-state index < -0.39 is 6.03 Å². The molecule has 1 atom stereocenters.